The van der Waals surface area contributed by atoms with E-state index in [1.807, 2.05) is 36.9 Å². The highest BCUT2D eigenvalue weighted by atomic mass is 79.9. The van der Waals surface area contributed by atoms with Gasteiger partial charge in [0.25, 0.3) is 0 Å². The van der Waals surface area contributed by atoms with E-state index in [-0.39, 0.29) is 11.9 Å². The van der Waals surface area contributed by atoms with Gasteiger partial charge in [0.1, 0.15) is 0 Å². The van der Waals surface area contributed by atoms with Gasteiger partial charge in [0.05, 0.1) is 6.04 Å². The lowest BCUT2D eigenvalue weighted by Gasteiger charge is -2.22. The first kappa shape index (κ1) is 12.9. The number of benzene rings is 1. The second-order valence-corrected chi connectivity index (χ2v) is 6.10. The van der Waals surface area contributed by atoms with E-state index < -0.39 is 0 Å². The number of nitrogens with one attached hydrogen (secondary N) is 2. The molecule has 17 heavy (non-hydrogen) atoms. The van der Waals surface area contributed by atoms with E-state index in [2.05, 4.69) is 26.6 Å². The molecule has 1 aliphatic rings. The molecule has 2 N–H and O–H groups in total. The number of carbonyl (C=O) groups is 1. The average molecular weight is 315 g/mol. The van der Waals surface area contributed by atoms with Crippen molar-refractivity contribution in [2.75, 3.05) is 23.4 Å². The summed E-state index contributed by atoms with van der Waals surface area (Å²) in [5.41, 5.74) is 1.95. The number of halogens is 1. The first-order chi connectivity index (χ1) is 8.16. The Bertz CT molecular complexity index is 419. The lowest BCUT2D eigenvalue weighted by Crippen LogP contribution is -2.46. The monoisotopic (exact) mass is 314 g/mol. The van der Waals surface area contributed by atoms with Gasteiger partial charge in [-0.05, 0) is 24.6 Å². The molecular formula is C12H15BrN2OS. The Balaban J connectivity index is 2.04. The van der Waals surface area contributed by atoms with E-state index >= 15 is 0 Å². The van der Waals surface area contributed by atoms with Crippen molar-refractivity contribution in [3.8, 4) is 0 Å². The van der Waals surface area contributed by atoms with Gasteiger partial charge in [0.15, 0.2) is 0 Å². The summed E-state index contributed by atoms with van der Waals surface area (Å²) < 4.78 is 0.976. The number of rotatable bonds is 2. The summed E-state index contributed by atoms with van der Waals surface area (Å²) >= 11 is 5.23. The third kappa shape index (κ3) is 3.47. The Morgan fingerprint density at radius 2 is 2.41 bits per heavy atom. The van der Waals surface area contributed by atoms with Crippen LogP contribution in [-0.2, 0) is 4.79 Å². The number of carbonyl (C=O) groups excluding carboxylic acids is 1. The standard InChI is InChI=1S/C12H15BrN2OS/c1-8-2-3-9(13)6-10(8)15-12(16)11-7-17-5-4-14-11/h2-3,6,11,14H,4-5,7H2,1H3,(H,15,16). The Labute approximate surface area is 114 Å². The van der Waals surface area contributed by atoms with Crippen molar-refractivity contribution >= 4 is 39.3 Å². The fourth-order valence-electron chi connectivity index (χ4n) is 1.68. The van der Waals surface area contributed by atoms with Crippen molar-refractivity contribution in [2.45, 2.75) is 13.0 Å². The molecular weight excluding hydrogens is 300 g/mol. The van der Waals surface area contributed by atoms with Crippen LogP contribution >= 0.6 is 27.7 Å². The van der Waals surface area contributed by atoms with Gasteiger partial charge in [-0.2, -0.15) is 11.8 Å². The minimum atomic E-state index is -0.0767. The minimum absolute atomic E-state index is 0.0541. The van der Waals surface area contributed by atoms with Gasteiger partial charge in [0, 0.05) is 28.2 Å². The SMILES string of the molecule is Cc1ccc(Br)cc1NC(=O)C1CSCCN1. The Hall–Kier alpha value is -0.520. The molecule has 5 heteroatoms. The van der Waals surface area contributed by atoms with Crippen LogP contribution in [0.25, 0.3) is 0 Å². The number of anilines is 1. The highest BCUT2D eigenvalue weighted by molar-refractivity contribution is 9.10. The molecule has 1 heterocycles. The first-order valence-electron chi connectivity index (χ1n) is 5.55. The van der Waals surface area contributed by atoms with Crippen molar-refractivity contribution in [1.29, 1.82) is 0 Å². The van der Waals surface area contributed by atoms with Crippen LogP contribution in [0.5, 0.6) is 0 Å². The third-order valence-corrected chi connectivity index (χ3v) is 4.25. The van der Waals surface area contributed by atoms with Crippen LogP contribution in [0.2, 0.25) is 0 Å². The lowest BCUT2D eigenvalue weighted by atomic mass is 10.2. The maximum absolute atomic E-state index is 12.0. The lowest BCUT2D eigenvalue weighted by molar-refractivity contribution is -0.117. The van der Waals surface area contributed by atoms with Gasteiger partial charge in [0.2, 0.25) is 5.91 Å². The molecule has 2 rings (SSSR count). The molecule has 1 aromatic carbocycles. The predicted molar refractivity (Wildman–Crippen MR) is 76.6 cm³/mol. The summed E-state index contributed by atoms with van der Waals surface area (Å²) in [5, 5.41) is 6.20. The zero-order valence-corrected chi connectivity index (χ0v) is 12.0. The molecule has 0 radical (unpaired) electrons. The van der Waals surface area contributed by atoms with Gasteiger partial charge in [-0.3, -0.25) is 4.79 Å². The van der Waals surface area contributed by atoms with Crippen LogP contribution in [0.15, 0.2) is 22.7 Å². The molecule has 0 saturated carbocycles. The fourth-order valence-corrected chi connectivity index (χ4v) is 2.98. The number of amides is 1. The summed E-state index contributed by atoms with van der Waals surface area (Å²) in [7, 11) is 0. The Morgan fingerprint density at radius 3 is 3.12 bits per heavy atom. The molecule has 0 aliphatic carbocycles. The van der Waals surface area contributed by atoms with Gasteiger partial charge < -0.3 is 10.6 Å². The van der Waals surface area contributed by atoms with Crippen LogP contribution in [0.3, 0.4) is 0 Å². The van der Waals surface area contributed by atoms with Gasteiger partial charge in [-0.25, -0.2) is 0 Å². The van der Waals surface area contributed by atoms with Crippen molar-refractivity contribution in [1.82, 2.24) is 5.32 Å². The molecule has 0 aromatic heterocycles. The van der Waals surface area contributed by atoms with Gasteiger partial charge >= 0.3 is 0 Å². The molecule has 1 saturated heterocycles. The van der Waals surface area contributed by atoms with E-state index in [9.17, 15) is 4.79 Å². The molecule has 1 amide bonds. The Morgan fingerprint density at radius 1 is 1.59 bits per heavy atom. The van der Waals surface area contributed by atoms with Crippen LogP contribution < -0.4 is 10.6 Å². The van der Waals surface area contributed by atoms with Crippen molar-refractivity contribution in [3.63, 3.8) is 0 Å². The topological polar surface area (TPSA) is 41.1 Å². The number of hydrogen-bond acceptors (Lipinski definition) is 3. The van der Waals surface area contributed by atoms with E-state index in [1.165, 1.54) is 0 Å². The van der Waals surface area contributed by atoms with Gasteiger partial charge in [-0.15, -0.1) is 0 Å². The van der Waals surface area contributed by atoms with E-state index in [4.69, 9.17) is 0 Å². The summed E-state index contributed by atoms with van der Waals surface area (Å²) in [4.78, 5) is 12.0. The normalized spacial score (nSPS) is 20.0. The summed E-state index contributed by atoms with van der Waals surface area (Å²) in [6, 6.07) is 5.82. The minimum Gasteiger partial charge on any atom is -0.324 e. The maximum Gasteiger partial charge on any atom is 0.242 e. The summed E-state index contributed by atoms with van der Waals surface area (Å²) in [5.74, 6) is 1.98. The largest absolute Gasteiger partial charge is 0.324 e. The van der Waals surface area contributed by atoms with Crippen LogP contribution in [-0.4, -0.2) is 30.0 Å². The quantitative estimate of drug-likeness (QED) is 0.880. The molecule has 1 aliphatic heterocycles. The molecule has 1 atom stereocenters. The smallest absolute Gasteiger partial charge is 0.242 e. The zero-order valence-electron chi connectivity index (χ0n) is 9.63. The van der Waals surface area contributed by atoms with Crippen LogP contribution in [0, 0.1) is 6.92 Å². The van der Waals surface area contributed by atoms with Crippen LogP contribution in [0.4, 0.5) is 5.69 Å². The molecule has 1 fully saturated rings. The molecule has 0 spiro atoms. The fraction of sp³-hybridized carbons (Fsp3) is 0.417. The van der Waals surface area contributed by atoms with Crippen molar-refractivity contribution in [3.05, 3.63) is 28.2 Å². The maximum atomic E-state index is 12.0. The number of aryl methyl sites for hydroxylation is 1. The molecule has 1 unspecified atom stereocenters. The molecule has 3 nitrogen and oxygen atoms in total. The Kier molecular flexibility index (Phi) is 4.48. The number of thioether (sulfide) groups is 1. The predicted octanol–water partition coefficient (Wildman–Crippen LogP) is 2.40. The molecule has 1 aromatic rings. The van der Waals surface area contributed by atoms with Crippen molar-refractivity contribution < 1.29 is 4.79 Å². The first-order valence-corrected chi connectivity index (χ1v) is 7.50. The average Bonchev–Trinajstić information content (AvgIpc) is 2.35. The summed E-state index contributed by atoms with van der Waals surface area (Å²) in [6.07, 6.45) is 0. The number of hydrogen-bond donors (Lipinski definition) is 2. The molecule has 0 bridgehead atoms. The van der Waals surface area contributed by atoms with Crippen LogP contribution in [0.1, 0.15) is 5.56 Å². The highest BCUT2D eigenvalue weighted by Gasteiger charge is 2.21. The third-order valence-electron chi connectivity index (χ3n) is 2.70. The second-order valence-electron chi connectivity index (χ2n) is 4.03. The van der Waals surface area contributed by atoms with E-state index in [0.717, 1.165) is 33.8 Å². The second kappa shape index (κ2) is 5.89. The van der Waals surface area contributed by atoms with Crippen molar-refractivity contribution in [2.24, 2.45) is 0 Å². The summed E-state index contributed by atoms with van der Waals surface area (Å²) in [6.45, 7) is 2.89. The highest BCUT2D eigenvalue weighted by Crippen LogP contribution is 2.21. The van der Waals surface area contributed by atoms with E-state index in [1.54, 1.807) is 0 Å². The van der Waals surface area contributed by atoms with E-state index in [0.29, 0.717) is 0 Å². The van der Waals surface area contributed by atoms with Gasteiger partial charge in [-0.1, -0.05) is 22.0 Å². The molecule has 92 valence electrons. The zero-order chi connectivity index (χ0) is 12.3.